The predicted octanol–water partition coefficient (Wildman–Crippen LogP) is 2.07. The van der Waals surface area contributed by atoms with Gasteiger partial charge in [0, 0.05) is 11.9 Å². The summed E-state index contributed by atoms with van der Waals surface area (Å²) in [5.41, 5.74) is 0.818. The second-order valence-electron chi connectivity index (χ2n) is 3.75. The fourth-order valence-corrected chi connectivity index (χ4v) is 1.68. The quantitative estimate of drug-likeness (QED) is 0.497. The van der Waals surface area contributed by atoms with Crippen molar-refractivity contribution in [1.82, 2.24) is 0 Å². The highest BCUT2D eigenvalue weighted by Crippen LogP contribution is 2.32. The number of nitrogens with one attached hydrogen (secondary N) is 1. The van der Waals surface area contributed by atoms with Gasteiger partial charge in [-0.2, -0.15) is 0 Å². The zero-order chi connectivity index (χ0) is 12.1. The third-order valence-electron chi connectivity index (χ3n) is 2.42. The highest BCUT2D eigenvalue weighted by molar-refractivity contribution is 6.17. The van der Waals surface area contributed by atoms with Gasteiger partial charge in [0.05, 0.1) is 12.3 Å². The summed E-state index contributed by atoms with van der Waals surface area (Å²) in [7, 11) is 0. The van der Waals surface area contributed by atoms with Crippen LogP contribution in [0.1, 0.15) is 6.42 Å². The van der Waals surface area contributed by atoms with Crippen molar-refractivity contribution in [2.45, 2.75) is 12.5 Å². The van der Waals surface area contributed by atoms with E-state index in [-0.39, 0.29) is 6.04 Å². The normalized spacial score (nSPS) is 17.6. The topological polar surface area (TPSA) is 47.6 Å². The van der Waals surface area contributed by atoms with Crippen LogP contribution in [0.15, 0.2) is 18.2 Å². The van der Waals surface area contributed by atoms with Gasteiger partial charge < -0.3 is 19.6 Å². The Kier molecular flexibility index (Phi) is 4.09. The Labute approximate surface area is 105 Å². The predicted molar refractivity (Wildman–Crippen MR) is 66.2 cm³/mol. The molecule has 0 fully saturated rings. The molecule has 1 aromatic carbocycles. The van der Waals surface area contributed by atoms with E-state index in [4.69, 9.17) is 21.1 Å². The SMILES string of the molecule is O=CC1COc2cc(OCCCCl)ccc2N1. The first-order chi connectivity index (χ1) is 8.33. The van der Waals surface area contributed by atoms with E-state index < -0.39 is 0 Å². The fraction of sp³-hybridized carbons (Fsp3) is 0.417. The van der Waals surface area contributed by atoms with E-state index in [1.165, 1.54) is 0 Å². The van der Waals surface area contributed by atoms with Crippen LogP contribution in [0, 0.1) is 0 Å². The lowest BCUT2D eigenvalue weighted by atomic mass is 10.2. The summed E-state index contributed by atoms with van der Waals surface area (Å²) in [6, 6.07) is 5.24. The minimum Gasteiger partial charge on any atom is -0.493 e. The number of fused-ring (bicyclic) bond motifs is 1. The van der Waals surface area contributed by atoms with E-state index in [1.807, 2.05) is 18.2 Å². The van der Waals surface area contributed by atoms with Gasteiger partial charge >= 0.3 is 0 Å². The maximum Gasteiger partial charge on any atom is 0.146 e. The maximum absolute atomic E-state index is 10.6. The van der Waals surface area contributed by atoms with Crippen LogP contribution in [-0.4, -0.2) is 31.4 Å². The van der Waals surface area contributed by atoms with Crippen molar-refractivity contribution in [2.75, 3.05) is 24.4 Å². The zero-order valence-corrected chi connectivity index (χ0v) is 10.1. The largest absolute Gasteiger partial charge is 0.493 e. The molecule has 0 radical (unpaired) electrons. The van der Waals surface area contributed by atoms with Crippen LogP contribution >= 0.6 is 11.6 Å². The third-order valence-corrected chi connectivity index (χ3v) is 2.69. The Morgan fingerprint density at radius 1 is 1.59 bits per heavy atom. The van der Waals surface area contributed by atoms with E-state index in [9.17, 15) is 4.79 Å². The van der Waals surface area contributed by atoms with Crippen molar-refractivity contribution in [3.8, 4) is 11.5 Å². The van der Waals surface area contributed by atoms with Crippen LogP contribution in [0.25, 0.3) is 0 Å². The van der Waals surface area contributed by atoms with Gasteiger partial charge in [-0.05, 0) is 18.6 Å². The second kappa shape index (κ2) is 5.77. The van der Waals surface area contributed by atoms with E-state index in [0.29, 0.717) is 24.8 Å². The average Bonchev–Trinajstić information content (AvgIpc) is 2.38. The first kappa shape index (κ1) is 12.0. The summed E-state index contributed by atoms with van der Waals surface area (Å²) in [4.78, 5) is 10.6. The number of aldehydes is 1. The molecule has 1 atom stereocenters. The third kappa shape index (κ3) is 3.03. The number of carbonyl (C=O) groups is 1. The molecule has 1 unspecified atom stereocenters. The first-order valence-corrected chi connectivity index (χ1v) is 6.04. The van der Waals surface area contributed by atoms with Crippen LogP contribution in [0.2, 0.25) is 0 Å². The molecule has 1 aliphatic rings. The number of ether oxygens (including phenoxy) is 2. The highest BCUT2D eigenvalue weighted by atomic mass is 35.5. The van der Waals surface area contributed by atoms with Crippen molar-refractivity contribution < 1.29 is 14.3 Å². The van der Waals surface area contributed by atoms with Gasteiger partial charge in [-0.15, -0.1) is 11.6 Å². The Morgan fingerprint density at radius 2 is 2.47 bits per heavy atom. The minimum absolute atomic E-state index is 0.273. The van der Waals surface area contributed by atoms with Gasteiger partial charge in [0.25, 0.3) is 0 Å². The van der Waals surface area contributed by atoms with Crippen LogP contribution in [0.3, 0.4) is 0 Å². The lowest BCUT2D eigenvalue weighted by molar-refractivity contribution is -0.109. The molecule has 17 heavy (non-hydrogen) atoms. The molecular formula is C12H14ClNO3. The highest BCUT2D eigenvalue weighted by Gasteiger charge is 2.18. The van der Waals surface area contributed by atoms with Crippen molar-refractivity contribution in [1.29, 1.82) is 0 Å². The number of rotatable bonds is 5. The molecule has 0 spiro atoms. The van der Waals surface area contributed by atoms with Crippen molar-refractivity contribution in [3.05, 3.63) is 18.2 Å². The van der Waals surface area contributed by atoms with Crippen LogP contribution in [-0.2, 0) is 4.79 Å². The van der Waals surface area contributed by atoms with Gasteiger partial charge in [0.1, 0.15) is 30.4 Å². The Bertz CT molecular complexity index is 397. The van der Waals surface area contributed by atoms with E-state index in [2.05, 4.69) is 5.32 Å². The van der Waals surface area contributed by atoms with Crippen molar-refractivity contribution >= 4 is 23.6 Å². The molecule has 1 heterocycles. The number of carbonyl (C=O) groups excluding carboxylic acids is 1. The Balaban J connectivity index is 2.02. The molecule has 92 valence electrons. The van der Waals surface area contributed by atoms with E-state index >= 15 is 0 Å². The van der Waals surface area contributed by atoms with Crippen molar-refractivity contribution in [3.63, 3.8) is 0 Å². The molecule has 0 saturated carbocycles. The molecule has 0 aliphatic carbocycles. The van der Waals surface area contributed by atoms with Gasteiger partial charge in [-0.25, -0.2) is 0 Å². The van der Waals surface area contributed by atoms with Crippen molar-refractivity contribution in [2.24, 2.45) is 0 Å². The summed E-state index contributed by atoms with van der Waals surface area (Å²) in [5, 5.41) is 3.07. The number of hydrogen-bond acceptors (Lipinski definition) is 4. The molecule has 2 rings (SSSR count). The van der Waals surface area contributed by atoms with E-state index in [1.54, 1.807) is 0 Å². The standard InChI is InChI=1S/C12H14ClNO3/c13-4-1-5-16-10-2-3-11-12(6-10)17-8-9(7-15)14-11/h2-3,6-7,9,14H,1,4-5,8H2. The first-order valence-electron chi connectivity index (χ1n) is 5.51. The minimum atomic E-state index is -0.273. The maximum atomic E-state index is 10.6. The van der Waals surface area contributed by atoms with Gasteiger partial charge in [-0.1, -0.05) is 0 Å². The summed E-state index contributed by atoms with van der Waals surface area (Å²) in [6.45, 7) is 0.939. The summed E-state index contributed by atoms with van der Waals surface area (Å²) >= 11 is 5.57. The average molecular weight is 256 g/mol. The lowest BCUT2D eigenvalue weighted by Gasteiger charge is -2.24. The van der Waals surface area contributed by atoms with Gasteiger partial charge in [0.15, 0.2) is 0 Å². The number of hydrogen-bond donors (Lipinski definition) is 1. The fourth-order valence-electron chi connectivity index (χ4n) is 1.57. The molecule has 1 aromatic rings. The molecule has 4 nitrogen and oxygen atoms in total. The Morgan fingerprint density at radius 3 is 3.24 bits per heavy atom. The molecule has 0 saturated heterocycles. The number of alkyl halides is 1. The van der Waals surface area contributed by atoms with Crippen LogP contribution in [0.5, 0.6) is 11.5 Å². The second-order valence-corrected chi connectivity index (χ2v) is 4.12. The summed E-state index contributed by atoms with van der Waals surface area (Å²) < 4.78 is 11.0. The van der Waals surface area contributed by atoms with Gasteiger partial charge in [0.2, 0.25) is 0 Å². The number of halogens is 1. The molecule has 0 amide bonds. The number of benzene rings is 1. The Hall–Kier alpha value is -1.42. The molecule has 0 aromatic heterocycles. The number of anilines is 1. The lowest BCUT2D eigenvalue weighted by Crippen LogP contribution is -2.32. The summed E-state index contributed by atoms with van der Waals surface area (Å²) in [5.74, 6) is 2.05. The zero-order valence-electron chi connectivity index (χ0n) is 9.32. The molecule has 5 heteroatoms. The molecule has 0 bridgehead atoms. The summed E-state index contributed by atoms with van der Waals surface area (Å²) in [6.07, 6.45) is 1.65. The van der Waals surface area contributed by atoms with Crippen LogP contribution in [0.4, 0.5) is 5.69 Å². The monoisotopic (exact) mass is 255 g/mol. The van der Waals surface area contributed by atoms with E-state index in [0.717, 1.165) is 24.1 Å². The smallest absolute Gasteiger partial charge is 0.146 e. The van der Waals surface area contributed by atoms with Crippen LogP contribution < -0.4 is 14.8 Å². The molecular weight excluding hydrogens is 242 g/mol. The molecule has 1 aliphatic heterocycles. The van der Waals surface area contributed by atoms with Gasteiger partial charge in [-0.3, -0.25) is 0 Å². The molecule has 1 N–H and O–H groups in total.